The number of aromatic nitrogens is 4. The lowest BCUT2D eigenvalue weighted by Gasteiger charge is -2.46. The van der Waals surface area contributed by atoms with Crippen LogP contribution in [0.3, 0.4) is 0 Å². The first-order chi connectivity index (χ1) is 62.5. The molecule has 0 atom stereocenters. The van der Waals surface area contributed by atoms with E-state index in [-0.39, 0.29) is 44.2 Å². The Morgan fingerprint density at radius 1 is 0.263 bits per heavy atom. The van der Waals surface area contributed by atoms with Gasteiger partial charge in [-0.1, -0.05) is 361 Å². The first kappa shape index (κ1) is 61.0. The average molecular weight is 1550 g/mol. The second-order valence-electron chi connectivity index (χ2n) is 37.9. The third-order valence-electron chi connectivity index (χ3n) is 23.6. The molecule has 0 saturated carbocycles. The maximum Gasteiger partial charge on any atom is 0.252 e. The molecule has 0 bridgehead atoms. The van der Waals surface area contributed by atoms with E-state index < -0.39 is 131 Å². The summed E-state index contributed by atoms with van der Waals surface area (Å²) in [5, 5.41) is 2.03. The Morgan fingerprint density at radius 3 is 0.983 bits per heavy atom. The van der Waals surface area contributed by atoms with Crippen LogP contribution in [0.2, 0.25) is 0 Å². The molecule has 0 amide bonds. The van der Waals surface area contributed by atoms with Crippen LogP contribution in [0, 0.1) is 0 Å². The van der Waals surface area contributed by atoms with Gasteiger partial charge in [0, 0.05) is 66.9 Å². The minimum Gasteiger partial charge on any atom is -0.310 e. The SMILES string of the molecule is [2H]c1c([2H])c([2H])c(-c2ccc3c(c2)N(c2c(-c4ccccc4)cc(C(C)(C)C)cc2-c2nc(-c4c([2H])c([2H])c([2H])c([2H])c4[2H])nc(-c4c([2H])c([2H])c([2H])c([2H])c4[2H])n2)c2cc(-n4c5ccc(C(C)(C)C)cc5c5cc(C(C)(C)C)ccc54)cc4c2B3c2ccc(-c3cc(C(C)(C)C)cc(C(C)(C)C)c3)cc2N4c2c(-c3ccccc3)cc(C(C)(C)C)cc2-c2ccccc2)c([2H])c1[2H]. The number of rotatable bonds is 11. The molecule has 16 aromatic rings. The molecule has 2 aliphatic heterocycles. The van der Waals surface area contributed by atoms with Crippen LogP contribution in [0.25, 0.3) is 117 Å². The standard InChI is InChI=1S/C111H105BN6/c1-106(2,3)79-51-55-94-89(62-79)90-63-80(107(4,5)6)52-56-95(90)116(94)85-68-98-100-99(69-85)118(102-88(73-43-31-22-32-44-73)66-84(111(16,17)18)67-91(102)105-114-103(74-45-33-23-34-46-74)113-104(115-105)75-47-35-24-36-48-75)96-59-76(70-37-25-19-26-38-70)49-53-92(96)112(100)93-54-50-77(78-57-81(108(7,8)9)61-82(58-78)109(10,11)12)60-97(93)117(98)101-86(71-39-27-20-28-40-71)64-83(110(13,14)15)65-87(101)72-41-29-21-30-42-72/h19-69H,1-18H3/i19D,23D,24D,25D,26D,33D,34D,35D,36D,37D,38D,45D,46D,47D,48D. The summed E-state index contributed by atoms with van der Waals surface area (Å²) in [7, 11) is 0. The Kier molecular flexibility index (Phi) is 14.8. The highest BCUT2D eigenvalue weighted by atomic mass is 15.2. The normalized spacial score (nSPS) is 14.9. The van der Waals surface area contributed by atoms with Crippen molar-refractivity contribution in [2.45, 2.75) is 157 Å². The van der Waals surface area contributed by atoms with Crippen molar-refractivity contribution in [3.8, 4) is 95.5 Å². The van der Waals surface area contributed by atoms with Crippen molar-refractivity contribution >= 4 is 79.0 Å². The largest absolute Gasteiger partial charge is 0.310 e. The van der Waals surface area contributed by atoms with Gasteiger partial charge in [0.05, 0.1) is 48.7 Å². The predicted molar refractivity (Wildman–Crippen MR) is 504 cm³/mol. The van der Waals surface area contributed by atoms with E-state index in [2.05, 4.69) is 291 Å². The van der Waals surface area contributed by atoms with E-state index in [0.29, 0.717) is 39.3 Å². The van der Waals surface area contributed by atoms with Crippen molar-refractivity contribution in [1.82, 2.24) is 19.5 Å². The van der Waals surface area contributed by atoms with Crippen LogP contribution >= 0.6 is 0 Å². The average Bonchev–Trinajstić information content (AvgIpc) is 1.38. The molecule has 0 saturated heterocycles. The summed E-state index contributed by atoms with van der Waals surface area (Å²) >= 11 is 0. The predicted octanol–water partition coefficient (Wildman–Crippen LogP) is 28.2. The van der Waals surface area contributed by atoms with Crippen LogP contribution < -0.4 is 26.2 Å². The van der Waals surface area contributed by atoms with Crippen LogP contribution in [0.1, 0.15) is 179 Å². The van der Waals surface area contributed by atoms with Crippen LogP contribution in [0.5, 0.6) is 0 Å². The second-order valence-corrected chi connectivity index (χ2v) is 37.9. The minimum atomic E-state index is -0.747. The summed E-state index contributed by atoms with van der Waals surface area (Å²) in [6.45, 7) is 39.1. The summed E-state index contributed by atoms with van der Waals surface area (Å²) < 4.78 is 144. The number of anilines is 6. The van der Waals surface area contributed by atoms with Gasteiger partial charge in [-0.15, -0.1) is 0 Å². The number of hydrogen-bond acceptors (Lipinski definition) is 5. The highest BCUT2D eigenvalue weighted by Gasteiger charge is 2.47. The van der Waals surface area contributed by atoms with E-state index in [1.165, 1.54) is 11.1 Å². The van der Waals surface area contributed by atoms with Crippen molar-refractivity contribution in [3.05, 3.63) is 342 Å². The van der Waals surface area contributed by atoms with Crippen LogP contribution in [0.4, 0.5) is 34.1 Å². The molecule has 14 aromatic carbocycles. The maximum absolute atomic E-state index is 9.94. The van der Waals surface area contributed by atoms with Crippen molar-refractivity contribution in [1.29, 1.82) is 0 Å². The van der Waals surface area contributed by atoms with Crippen molar-refractivity contribution < 1.29 is 20.6 Å². The van der Waals surface area contributed by atoms with Crippen molar-refractivity contribution in [2.24, 2.45) is 0 Å². The summed E-state index contributed by atoms with van der Waals surface area (Å²) in [6.07, 6.45) is 0. The number of benzene rings is 14. The van der Waals surface area contributed by atoms with E-state index in [4.69, 9.17) is 19.1 Å². The fourth-order valence-electron chi connectivity index (χ4n) is 17.0. The number of nitrogens with zero attached hydrogens (tertiary/aromatic N) is 6. The lowest BCUT2D eigenvalue weighted by atomic mass is 9.33. The molecule has 118 heavy (non-hydrogen) atoms. The van der Waals surface area contributed by atoms with E-state index in [1.807, 2.05) is 66.7 Å². The molecule has 4 heterocycles. The van der Waals surface area contributed by atoms with Gasteiger partial charge < -0.3 is 14.4 Å². The third kappa shape index (κ3) is 13.9. The fourth-order valence-corrected chi connectivity index (χ4v) is 17.0. The molecule has 0 N–H and O–H groups in total. The van der Waals surface area contributed by atoms with Crippen LogP contribution in [0.15, 0.2) is 309 Å². The van der Waals surface area contributed by atoms with Gasteiger partial charge in [-0.3, -0.25) is 0 Å². The Balaban J connectivity index is 1.12. The Labute approximate surface area is 720 Å². The molecule has 0 aliphatic carbocycles. The summed E-state index contributed by atoms with van der Waals surface area (Å²) in [6, 6.07) is 68.3. The molecule has 0 unspecified atom stereocenters. The summed E-state index contributed by atoms with van der Waals surface area (Å²) in [5.41, 5.74) is 19.5. The zero-order valence-electron chi connectivity index (χ0n) is 85.5. The Hall–Kier alpha value is -12.4. The molecule has 2 aliphatic rings. The van der Waals surface area contributed by atoms with Gasteiger partial charge in [0.2, 0.25) is 0 Å². The lowest BCUT2D eigenvalue weighted by Crippen LogP contribution is -2.61. The molecule has 2 aromatic heterocycles. The fraction of sp³-hybridized carbons (Fsp3) is 0.216. The number of hydrogen-bond donors (Lipinski definition) is 0. The van der Waals surface area contributed by atoms with Gasteiger partial charge in [0.25, 0.3) is 6.71 Å². The Bertz CT molecular complexity index is 7240. The summed E-state index contributed by atoms with van der Waals surface area (Å²) in [5.74, 6) is -1.15. The maximum atomic E-state index is 9.94. The topological polar surface area (TPSA) is 50.1 Å². The van der Waals surface area contributed by atoms with E-state index in [9.17, 15) is 16.4 Å². The molecule has 0 spiro atoms. The molecular weight excluding hydrogens is 1430 g/mol. The quantitative estimate of drug-likeness (QED) is 0.121. The van der Waals surface area contributed by atoms with E-state index >= 15 is 0 Å². The van der Waals surface area contributed by atoms with Gasteiger partial charge >= 0.3 is 0 Å². The zero-order chi connectivity index (χ0) is 95.3. The first-order valence-electron chi connectivity index (χ1n) is 48.4. The van der Waals surface area contributed by atoms with E-state index in [1.54, 1.807) is 0 Å². The molecule has 18 rings (SSSR count). The summed E-state index contributed by atoms with van der Waals surface area (Å²) in [4.78, 5) is 20.4. The van der Waals surface area contributed by atoms with Crippen LogP contribution in [-0.4, -0.2) is 26.2 Å². The van der Waals surface area contributed by atoms with Gasteiger partial charge in [0.15, 0.2) is 17.5 Å². The monoisotopic (exact) mass is 1550 g/mol. The van der Waals surface area contributed by atoms with Gasteiger partial charge in [0.1, 0.15) is 0 Å². The molecule has 0 fully saturated rings. The van der Waals surface area contributed by atoms with E-state index in [0.717, 1.165) is 105 Å². The molecule has 6 nitrogen and oxygen atoms in total. The zero-order valence-corrected chi connectivity index (χ0v) is 70.5. The Morgan fingerprint density at radius 2 is 0.602 bits per heavy atom. The van der Waals surface area contributed by atoms with Crippen molar-refractivity contribution in [3.63, 3.8) is 0 Å². The van der Waals surface area contributed by atoms with Gasteiger partial charge in [-0.2, -0.15) is 0 Å². The first-order valence-corrected chi connectivity index (χ1v) is 40.9. The molecule has 7 heteroatoms. The number of fused-ring (bicyclic) bond motifs is 7. The third-order valence-corrected chi connectivity index (χ3v) is 23.6. The van der Waals surface area contributed by atoms with Crippen LogP contribution in [-0.2, 0) is 32.5 Å². The molecule has 0 radical (unpaired) electrons. The lowest BCUT2D eigenvalue weighted by molar-refractivity contribution is 0.569. The highest BCUT2D eigenvalue weighted by Crippen LogP contribution is 2.56. The molecule has 582 valence electrons. The van der Waals surface area contributed by atoms with Crippen molar-refractivity contribution in [2.75, 3.05) is 9.80 Å². The smallest absolute Gasteiger partial charge is 0.252 e. The minimum absolute atomic E-state index is 0.0633. The highest BCUT2D eigenvalue weighted by molar-refractivity contribution is 7.00. The second kappa shape index (κ2) is 28.7. The van der Waals surface area contributed by atoms with Gasteiger partial charge in [-0.05, 0) is 194 Å². The molecular formula is C111H105BN6. The van der Waals surface area contributed by atoms with Gasteiger partial charge in [-0.25, -0.2) is 15.0 Å².